The van der Waals surface area contributed by atoms with Gasteiger partial charge in [0.15, 0.2) is 5.76 Å². The van der Waals surface area contributed by atoms with Gasteiger partial charge in [-0.05, 0) is 43.7 Å². The highest BCUT2D eigenvalue weighted by atomic mass is 16.5. The molecule has 2 heterocycles. The molecule has 0 aliphatic heterocycles. The van der Waals surface area contributed by atoms with Crippen molar-refractivity contribution in [2.75, 3.05) is 7.11 Å². The lowest BCUT2D eigenvalue weighted by Crippen LogP contribution is -2.41. The Hall–Kier alpha value is -4.01. The zero-order valence-electron chi connectivity index (χ0n) is 16.7. The lowest BCUT2D eigenvalue weighted by atomic mass is 10.1. The van der Waals surface area contributed by atoms with Crippen molar-refractivity contribution in [2.24, 2.45) is 0 Å². The van der Waals surface area contributed by atoms with Crippen LogP contribution in [0.25, 0.3) is 0 Å². The van der Waals surface area contributed by atoms with E-state index >= 15 is 0 Å². The number of rotatable bonds is 6. The lowest BCUT2D eigenvalue weighted by Gasteiger charge is -2.06. The number of hydrogen-bond donors (Lipinski definition) is 3. The predicted molar refractivity (Wildman–Crippen MR) is 106 cm³/mol. The number of nitrogens with one attached hydrogen (secondary N) is 3. The smallest absolute Gasteiger partial charge is 0.339 e. The summed E-state index contributed by atoms with van der Waals surface area (Å²) in [7, 11) is 1.26. The number of aromatic amines is 1. The molecule has 9 nitrogen and oxygen atoms in total. The molecule has 2 amide bonds. The van der Waals surface area contributed by atoms with Crippen molar-refractivity contribution < 1.29 is 28.3 Å². The summed E-state index contributed by atoms with van der Waals surface area (Å²) in [4.78, 5) is 39.3. The summed E-state index contributed by atoms with van der Waals surface area (Å²) in [6.45, 7) is 3.41. The number of hydrogen-bond acceptors (Lipinski definition) is 6. The predicted octanol–water partition coefficient (Wildman–Crippen LogP) is 2.66. The average Bonchev–Trinajstić information content (AvgIpc) is 3.35. The SMILES string of the molecule is COC(=O)c1c(C)[nH]c(C(=O)NNC(=O)c2ccc(COc3ccccc3)o2)c1C. The maximum absolute atomic E-state index is 12.4. The minimum absolute atomic E-state index is 0.0107. The van der Waals surface area contributed by atoms with Gasteiger partial charge in [0, 0.05) is 5.69 Å². The summed E-state index contributed by atoms with van der Waals surface area (Å²) in [5.41, 5.74) is 5.90. The van der Waals surface area contributed by atoms with Crippen LogP contribution in [0.4, 0.5) is 0 Å². The quantitative estimate of drug-likeness (QED) is 0.423. The Labute approximate surface area is 172 Å². The number of esters is 1. The van der Waals surface area contributed by atoms with Crippen molar-refractivity contribution >= 4 is 17.8 Å². The lowest BCUT2D eigenvalue weighted by molar-refractivity contribution is 0.0599. The van der Waals surface area contributed by atoms with Crippen LogP contribution in [0.3, 0.4) is 0 Å². The molecule has 0 fully saturated rings. The number of carbonyl (C=O) groups excluding carboxylic acids is 3. The van der Waals surface area contributed by atoms with Crippen LogP contribution < -0.4 is 15.6 Å². The second kappa shape index (κ2) is 8.99. The molecule has 3 aromatic rings. The first kappa shape index (κ1) is 20.7. The van der Waals surface area contributed by atoms with Crippen LogP contribution in [-0.2, 0) is 11.3 Å². The van der Waals surface area contributed by atoms with Gasteiger partial charge in [-0.3, -0.25) is 20.4 Å². The largest absolute Gasteiger partial charge is 0.486 e. The van der Waals surface area contributed by atoms with E-state index in [1.54, 1.807) is 19.9 Å². The summed E-state index contributed by atoms with van der Waals surface area (Å²) in [5.74, 6) is -0.660. The Kier molecular flexibility index (Phi) is 6.21. The van der Waals surface area contributed by atoms with Gasteiger partial charge in [-0.1, -0.05) is 18.2 Å². The molecule has 9 heteroatoms. The molecule has 0 aliphatic rings. The number of hydrazine groups is 1. The molecule has 3 N–H and O–H groups in total. The Morgan fingerprint density at radius 1 is 1.00 bits per heavy atom. The zero-order valence-corrected chi connectivity index (χ0v) is 16.7. The number of ether oxygens (including phenoxy) is 2. The second-order valence-electron chi connectivity index (χ2n) is 6.39. The third-order valence-corrected chi connectivity index (χ3v) is 4.35. The van der Waals surface area contributed by atoms with Gasteiger partial charge in [0.25, 0.3) is 5.91 Å². The van der Waals surface area contributed by atoms with Crippen molar-refractivity contribution in [1.29, 1.82) is 0 Å². The topological polar surface area (TPSA) is 123 Å². The summed E-state index contributed by atoms with van der Waals surface area (Å²) >= 11 is 0. The van der Waals surface area contributed by atoms with Gasteiger partial charge in [-0.2, -0.15) is 0 Å². The van der Waals surface area contributed by atoms with Crippen LogP contribution in [0.2, 0.25) is 0 Å². The summed E-state index contributed by atoms with van der Waals surface area (Å²) < 4.78 is 15.7. The fraction of sp³-hybridized carbons (Fsp3) is 0.190. The third-order valence-electron chi connectivity index (χ3n) is 4.35. The first-order chi connectivity index (χ1) is 14.4. The van der Waals surface area contributed by atoms with Crippen LogP contribution in [-0.4, -0.2) is 29.9 Å². The van der Waals surface area contributed by atoms with Crippen molar-refractivity contribution in [3.05, 3.63) is 76.5 Å². The fourth-order valence-corrected chi connectivity index (χ4v) is 2.87. The van der Waals surface area contributed by atoms with Crippen molar-refractivity contribution in [2.45, 2.75) is 20.5 Å². The van der Waals surface area contributed by atoms with Gasteiger partial charge in [0.2, 0.25) is 0 Å². The molecule has 0 unspecified atom stereocenters. The number of furan rings is 1. The second-order valence-corrected chi connectivity index (χ2v) is 6.39. The normalized spacial score (nSPS) is 10.4. The summed E-state index contributed by atoms with van der Waals surface area (Å²) in [5, 5.41) is 0. The Morgan fingerprint density at radius 2 is 1.70 bits per heavy atom. The molecule has 2 aromatic heterocycles. The van der Waals surface area contributed by atoms with Gasteiger partial charge < -0.3 is 18.9 Å². The number of aryl methyl sites for hydroxylation is 1. The van der Waals surface area contributed by atoms with E-state index in [9.17, 15) is 14.4 Å². The van der Waals surface area contributed by atoms with Crippen LogP contribution in [0.5, 0.6) is 5.75 Å². The molecular weight excluding hydrogens is 390 g/mol. The van der Waals surface area contributed by atoms with Gasteiger partial charge in [-0.25, -0.2) is 4.79 Å². The van der Waals surface area contributed by atoms with Gasteiger partial charge in [0.05, 0.1) is 12.7 Å². The molecule has 3 rings (SSSR count). The standard InChI is InChI=1S/C21H21N3O6/c1-12-17(21(27)28-3)13(2)22-18(12)20(26)24-23-19(25)16-10-9-15(30-16)11-29-14-7-5-4-6-8-14/h4-10,22H,11H2,1-3H3,(H,23,25)(H,24,26). The Balaban J connectivity index is 1.58. The molecule has 156 valence electrons. The highest BCUT2D eigenvalue weighted by Gasteiger charge is 2.23. The number of benzene rings is 1. The number of methoxy groups -OCH3 is 1. The Bertz CT molecular complexity index is 1070. The Morgan fingerprint density at radius 3 is 2.40 bits per heavy atom. The van der Waals surface area contributed by atoms with E-state index in [1.165, 1.54) is 13.2 Å². The van der Waals surface area contributed by atoms with Crippen molar-refractivity contribution in [1.82, 2.24) is 15.8 Å². The maximum atomic E-state index is 12.4. The first-order valence-corrected chi connectivity index (χ1v) is 9.05. The highest BCUT2D eigenvalue weighted by molar-refractivity contribution is 6.01. The van der Waals surface area contributed by atoms with Gasteiger partial charge in [-0.15, -0.1) is 0 Å². The molecule has 0 saturated heterocycles. The van der Waals surface area contributed by atoms with Crippen molar-refractivity contribution in [3.8, 4) is 5.75 Å². The van der Waals surface area contributed by atoms with E-state index in [1.807, 2.05) is 30.3 Å². The molecule has 0 radical (unpaired) electrons. The summed E-state index contributed by atoms with van der Waals surface area (Å²) in [6.07, 6.45) is 0. The monoisotopic (exact) mass is 411 g/mol. The number of carbonyl (C=O) groups is 3. The van der Waals surface area contributed by atoms with E-state index in [4.69, 9.17) is 13.9 Å². The zero-order chi connectivity index (χ0) is 21.7. The molecular formula is C21H21N3O6. The molecule has 30 heavy (non-hydrogen) atoms. The number of amides is 2. The van der Waals surface area contributed by atoms with E-state index in [-0.39, 0.29) is 23.6 Å². The average molecular weight is 411 g/mol. The van der Waals surface area contributed by atoms with E-state index in [2.05, 4.69) is 15.8 Å². The van der Waals surface area contributed by atoms with Crippen LogP contribution in [0.15, 0.2) is 46.9 Å². The molecule has 0 saturated carbocycles. The van der Waals surface area contributed by atoms with E-state index < -0.39 is 17.8 Å². The third kappa shape index (κ3) is 4.52. The molecule has 0 bridgehead atoms. The van der Waals surface area contributed by atoms with E-state index in [0.29, 0.717) is 22.8 Å². The van der Waals surface area contributed by atoms with Crippen LogP contribution in [0, 0.1) is 13.8 Å². The van der Waals surface area contributed by atoms with Gasteiger partial charge >= 0.3 is 11.9 Å². The molecule has 0 spiro atoms. The minimum Gasteiger partial charge on any atom is -0.486 e. The maximum Gasteiger partial charge on any atom is 0.339 e. The molecule has 0 aliphatic carbocycles. The van der Waals surface area contributed by atoms with Crippen LogP contribution in [0.1, 0.15) is 48.4 Å². The van der Waals surface area contributed by atoms with Crippen LogP contribution >= 0.6 is 0 Å². The molecule has 1 aromatic carbocycles. The fourth-order valence-electron chi connectivity index (χ4n) is 2.87. The van der Waals surface area contributed by atoms with Gasteiger partial charge in [0.1, 0.15) is 23.8 Å². The minimum atomic E-state index is -0.636. The summed E-state index contributed by atoms with van der Waals surface area (Å²) in [6, 6.07) is 12.3. The van der Waals surface area contributed by atoms with Crippen molar-refractivity contribution in [3.63, 3.8) is 0 Å². The first-order valence-electron chi connectivity index (χ1n) is 9.05. The number of H-pyrrole nitrogens is 1. The molecule has 0 atom stereocenters. The highest BCUT2D eigenvalue weighted by Crippen LogP contribution is 2.19. The number of aromatic nitrogens is 1. The number of para-hydroxylation sites is 1. The van der Waals surface area contributed by atoms with E-state index in [0.717, 1.165) is 0 Å².